The van der Waals surface area contributed by atoms with E-state index in [1.807, 2.05) is 27.7 Å². The molecular formula is C14H23FO4. The molecule has 0 atom stereocenters. The quantitative estimate of drug-likeness (QED) is 0.529. The van der Waals surface area contributed by atoms with Crippen molar-refractivity contribution < 1.29 is 23.5 Å². The fraction of sp³-hybridized carbons (Fsp3) is 0.714. The molecule has 0 N–H and O–H groups in total. The van der Waals surface area contributed by atoms with Gasteiger partial charge in [0.05, 0.1) is 18.8 Å². The number of hydrogen-bond acceptors (Lipinski definition) is 4. The normalized spacial score (nSPS) is 12.4. The highest BCUT2D eigenvalue weighted by Gasteiger charge is 2.22. The van der Waals surface area contributed by atoms with Crippen LogP contribution in [-0.4, -0.2) is 25.2 Å². The summed E-state index contributed by atoms with van der Waals surface area (Å²) in [6.07, 6.45) is 0.0829. The second-order valence-corrected chi connectivity index (χ2v) is 5.13. The third-order valence-corrected chi connectivity index (χ3v) is 2.14. The lowest BCUT2D eigenvalue weighted by Gasteiger charge is -2.10. The molecule has 0 saturated carbocycles. The predicted octanol–water partition coefficient (Wildman–Crippen LogP) is 3.02. The van der Waals surface area contributed by atoms with Crippen LogP contribution in [-0.2, 0) is 19.1 Å². The van der Waals surface area contributed by atoms with Crippen molar-refractivity contribution in [2.45, 2.75) is 41.0 Å². The number of hydrogen-bond donors (Lipinski definition) is 0. The molecule has 0 aliphatic heterocycles. The summed E-state index contributed by atoms with van der Waals surface area (Å²) >= 11 is 0. The first-order valence-electron chi connectivity index (χ1n) is 6.52. The van der Waals surface area contributed by atoms with Crippen molar-refractivity contribution >= 4 is 11.9 Å². The third-order valence-electron chi connectivity index (χ3n) is 2.14. The monoisotopic (exact) mass is 274 g/mol. The summed E-state index contributed by atoms with van der Waals surface area (Å²) in [6.45, 7) is 9.31. The molecule has 0 amide bonds. The topological polar surface area (TPSA) is 52.6 Å². The van der Waals surface area contributed by atoms with Gasteiger partial charge in [0.15, 0.2) is 0 Å². The van der Waals surface area contributed by atoms with Gasteiger partial charge in [-0.2, -0.15) is 4.39 Å². The van der Waals surface area contributed by atoms with E-state index in [-0.39, 0.29) is 37.0 Å². The van der Waals surface area contributed by atoms with Gasteiger partial charge < -0.3 is 9.47 Å². The smallest absolute Gasteiger partial charge is 0.367 e. The van der Waals surface area contributed by atoms with Crippen molar-refractivity contribution in [3.63, 3.8) is 0 Å². The van der Waals surface area contributed by atoms with E-state index in [4.69, 9.17) is 9.47 Å². The first-order valence-corrected chi connectivity index (χ1v) is 6.52. The molecule has 5 heteroatoms. The fourth-order valence-electron chi connectivity index (χ4n) is 1.15. The van der Waals surface area contributed by atoms with Crippen molar-refractivity contribution in [3.8, 4) is 0 Å². The number of carbonyl (C=O) groups is 2. The van der Waals surface area contributed by atoms with Crippen molar-refractivity contribution in [1.82, 2.24) is 0 Å². The van der Waals surface area contributed by atoms with Gasteiger partial charge >= 0.3 is 11.9 Å². The van der Waals surface area contributed by atoms with Crippen molar-refractivity contribution in [2.24, 2.45) is 11.8 Å². The van der Waals surface area contributed by atoms with Crippen LogP contribution >= 0.6 is 0 Å². The molecular weight excluding hydrogens is 251 g/mol. The summed E-state index contributed by atoms with van der Waals surface area (Å²) < 4.78 is 23.4. The molecule has 0 saturated heterocycles. The SMILES string of the molecule is CC/C(C(=O)OCC(C)C)=C(\F)C(=O)OCC(C)C. The van der Waals surface area contributed by atoms with Crippen LogP contribution in [0.2, 0.25) is 0 Å². The van der Waals surface area contributed by atoms with Crippen molar-refractivity contribution in [1.29, 1.82) is 0 Å². The molecule has 0 rings (SSSR count). The molecule has 0 radical (unpaired) electrons. The van der Waals surface area contributed by atoms with Crippen LogP contribution in [0.1, 0.15) is 41.0 Å². The van der Waals surface area contributed by atoms with Crippen LogP contribution < -0.4 is 0 Å². The van der Waals surface area contributed by atoms with Crippen LogP contribution in [0.3, 0.4) is 0 Å². The molecule has 110 valence electrons. The van der Waals surface area contributed by atoms with Gasteiger partial charge in [-0.25, -0.2) is 9.59 Å². The zero-order valence-corrected chi connectivity index (χ0v) is 12.3. The lowest BCUT2D eigenvalue weighted by Crippen LogP contribution is -2.17. The number of carbonyl (C=O) groups excluding carboxylic acids is 2. The second-order valence-electron chi connectivity index (χ2n) is 5.13. The summed E-state index contributed by atoms with van der Waals surface area (Å²) in [5.74, 6) is -2.80. The molecule has 0 bridgehead atoms. The molecule has 0 aromatic carbocycles. The average Bonchev–Trinajstić information content (AvgIpc) is 2.33. The van der Waals surface area contributed by atoms with Gasteiger partial charge in [0.2, 0.25) is 5.83 Å². The minimum absolute atomic E-state index is 0.0829. The highest BCUT2D eigenvalue weighted by Crippen LogP contribution is 2.15. The van der Waals surface area contributed by atoms with Crippen LogP contribution in [0, 0.1) is 11.8 Å². The highest BCUT2D eigenvalue weighted by atomic mass is 19.1. The molecule has 0 unspecified atom stereocenters. The Morgan fingerprint density at radius 1 is 0.947 bits per heavy atom. The van der Waals surface area contributed by atoms with E-state index in [2.05, 4.69) is 0 Å². The zero-order chi connectivity index (χ0) is 15.0. The Morgan fingerprint density at radius 2 is 1.37 bits per heavy atom. The Bertz CT molecular complexity index is 345. The Hall–Kier alpha value is -1.39. The Kier molecular flexibility index (Phi) is 8.03. The lowest BCUT2D eigenvalue weighted by atomic mass is 10.2. The average molecular weight is 274 g/mol. The predicted molar refractivity (Wildman–Crippen MR) is 70.0 cm³/mol. The maximum Gasteiger partial charge on any atom is 0.367 e. The molecule has 4 nitrogen and oxygen atoms in total. The van der Waals surface area contributed by atoms with Gasteiger partial charge in [-0.3, -0.25) is 0 Å². The summed E-state index contributed by atoms with van der Waals surface area (Å²) in [5.41, 5.74) is -0.269. The summed E-state index contributed by atoms with van der Waals surface area (Å²) in [6, 6.07) is 0. The van der Waals surface area contributed by atoms with Crippen molar-refractivity contribution in [3.05, 3.63) is 11.4 Å². The van der Waals surface area contributed by atoms with E-state index in [9.17, 15) is 14.0 Å². The van der Waals surface area contributed by atoms with E-state index < -0.39 is 17.8 Å². The molecule has 0 aliphatic rings. The first kappa shape index (κ1) is 17.6. The van der Waals surface area contributed by atoms with Crippen LogP contribution in [0.4, 0.5) is 4.39 Å². The van der Waals surface area contributed by atoms with E-state index >= 15 is 0 Å². The molecule has 0 spiro atoms. The molecule has 0 fully saturated rings. The van der Waals surface area contributed by atoms with E-state index in [1.54, 1.807) is 6.92 Å². The Balaban J connectivity index is 4.72. The van der Waals surface area contributed by atoms with Crippen LogP contribution in [0.15, 0.2) is 11.4 Å². The maximum absolute atomic E-state index is 13.8. The third kappa shape index (κ3) is 6.94. The fourth-order valence-corrected chi connectivity index (χ4v) is 1.15. The minimum Gasteiger partial charge on any atom is -0.462 e. The maximum atomic E-state index is 13.8. The number of halogens is 1. The molecule has 0 heterocycles. The summed E-state index contributed by atoms with van der Waals surface area (Å²) in [7, 11) is 0. The molecule has 0 aliphatic carbocycles. The van der Waals surface area contributed by atoms with Crippen LogP contribution in [0.5, 0.6) is 0 Å². The second kappa shape index (κ2) is 8.67. The number of esters is 2. The standard InChI is InChI=1S/C14H23FO4/c1-6-11(13(16)18-7-9(2)3)12(15)14(17)19-8-10(4)5/h9-10H,6-8H2,1-5H3/b12-11+. The van der Waals surface area contributed by atoms with Gasteiger partial charge in [0.25, 0.3) is 0 Å². The van der Waals surface area contributed by atoms with Gasteiger partial charge in [-0.15, -0.1) is 0 Å². The van der Waals surface area contributed by atoms with Crippen molar-refractivity contribution in [2.75, 3.05) is 13.2 Å². The summed E-state index contributed by atoms with van der Waals surface area (Å²) in [5, 5.41) is 0. The van der Waals surface area contributed by atoms with E-state index in [0.29, 0.717) is 0 Å². The van der Waals surface area contributed by atoms with Gasteiger partial charge in [0, 0.05) is 0 Å². The first-order chi connectivity index (χ1) is 8.79. The number of ether oxygens (including phenoxy) is 2. The van der Waals surface area contributed by atoms with Gasteiger partial charge in [-0.05, 0) is 18.3 Å². The Morgan fingerprint density at radius 3 is 1.74 bits per heavy atom. The lowest BCUT2D eigenvalue weighted by molar-refractivity contribution is -0.144. The molecule has 19 heavy (non-hydrogen) atoms. The van der Waals surface area contributed by atoms with E-state index in [1.165, 1.54) is 0 Å². The van der Waals surface area contributed by atoms with Crippen LogP contribution in [0.25, 0.3) is 0 Å². The van der Waals surface area contributed by atoms with Gasteiger partial charge in [-0.1, -0.05) is 34.6 Å². The largest absolute Gasteiger partial charge is 0.462 e. The minimum atomic E-state index is -1.16. The Labute approximate surface area is 114 Å². The molecule has 0 aromatic heterocycles. The molecule has 0 aromatic rings. The number of rotatable bonds is 7. The zero-order valence-electron chi connectivity index (χ0n) is 12.3. The van der Waals surface area contributed by atoms with E-state index in [0.717, 1.165) is 0 Å². The van der Waals surface area contributed by atoms with Gasteiger partial charge in [0.1, 0.15) is 0 Å². The summed E-state index contributed by atoms with van der Waals surface area (Å²) in [4.78, 5) is 23.1. The highest BCUT2D eigenvalue weighted by molar-refractivity contribution is 5.98.